The summed E-state index contributed by atoms with van der Waals surface area (Å²) in [5.41, 5.74) is 0.993. The summed E-state index contributed by atoms with van der Waals surface area (Å²) in [6.45, 7) is 1.58. The Morgan fingerprint density at radius 1 is 1.33 bits per heavy atom. The zero-order chi connectivity index (χ0) is 13.3. The number of benzene rings is 1. The van der Waals surface area contributed by atoms with E-state index in [0.29, 0.717) is 22.4 Å². The smallest absolute Gasteiger partial charge is 0.190 e. The van der Waals surface area contributed by atoms with E-state index in [9.17, 15) is 14.7 Å². The lowest BCUT2D eigenvalue weighted by Crippen LogP contribution is -2.20. The molecule has 1 atom stereocenters. The minimum atomic E-state index is -0.653. The first-order valence-corrected chi connectivity index (χ1v) is 5.69. The van der Waals surface area contributed by atoms with Crippen molar-refractivity contribution < 1.29 is 19.4 Å². The summed E-state index contributed by atoms with van der Waals surface area (Å²) in [4.78, 5) is 24.2. The molecular weight excluding hydrogens is 232 g/mol. The van der Waals surface area contributed by atoms with Gasteiger partial charge in [0.1, 0.15) is 5.75 Å². The average Bonchev–Trinajstić information content (AvgIpc) is 2.34. The van der Waals surface area contributed by atoms with Crippen LogP contribution in [0.2, 0.25) is 0 Å². The molecule has 1 aromatic carbocycles. The topological polar surface area (TPSA) is 63.6 Å². The quantitative estimate of drug-likeness (QED) is 0.882. The SMILES string of the molecule is COc1cccc2c1C(=O)C=C(C[C@H](C)O)C2=O. The molecule has 18 heavy (non-hydrogen) atoms. The van der Waals surface area contributed by atoms with Crippen molar-refractivity contribution in [3.63, 3.8) is 0 Å². The number of aliphatic hydroxyl groups is 1. The summed E-state index contributed by atoms with van der Waals surface area (Å²) in [5, 5.41) is 9.33. The van der Waals surface area contributed by atoms with E-state index in [1.807, 2.05) is 0 Å². The largest absolute Gasteiger partial charge is 0.496 e. The van der Waals surface area contributed by atoms with Crippen molar-refractivity contribution >= 4 is 11.6 Å². The number of hydrogen-bond acceptors (Lipinski definition) is 4. The number of rotatable bonds is 3. The fraction of sp³-hybridized carbons (Fsp3) is 0.286. The summed E-state index contributed by atoms with van der Waals surface area (Å²) in [5.74, 6) is -0.0692. The van der Waals surface area contributed by atoms with E-state index >= 15 is 0 Å². The number of hydrogen-bond donors (Lipinski definition) is 1. The summed E-state index contributed by atoms with van der Waals surface area (Å²) in [6.07, 6.45) is 0.821. The van der Waals surface area contributed by atoms with Gasteiger partial charge in [0, 0.05) is 17.6 Å². The second-order valence-electron chi connectivity index (χ2n) is 4.30. The summed E-state index contributed by atoms with van der Waals surface area (Å²) >= 11 is 0. The third kappa shape index (κ3) is 2.07. The standard InChI is InChI=1S/C14H14O4/c1-8(15)6-9-7-11(16)13-10(14(9)17)4-3-5-12(13)18-2/h3-5,7-8,15H,6H2,1-2H3/t8-/m0/s1. The van der Waals surface area contributed by atoms with Crippen LogP contribution < -0.4 is 4.74 Å². The van der Waals surface area contributed by atoms with Crippen molar-refractivity contribution in [2.24, 2.45) is 0 Å². The second-order valence-corrected chi connectivity index (χ2v) is 4.30. The number of ketones is 2. The Morgan fingerprint density at radius 3 is 2.67 bits per heavy atom. The molecule has 0 aliphatic heterocycles. The normalized spacial score (nSPS) is 16.1. The van der Waals surface area contributed by atoms with Crippen LogP contribution in [-0.4, -0.2) is 29.9 Å². The molecule has 2 rings (SSSR count). The summed E-state index contributed by atoms with van der Waals surface area (Å²) < 4.78 is 5.10. The van der Waals surface area contributed by atoms with Crippen molar-refractivity contribution in [2.45, 2.75) is 19.4 Å². The summed E-state index contributed by atoms with van der Waals surface area (Å²) in [6, 6.07) is 4.93. The van der Waals surface area contributed by atoms with Crippen LogP contribution in [0.5, 0.6) is 5.75 Å². The molecule has 1 aliphatic carbocycles. The highest BCUT2D eigenvalue weighted by molar-refractivity contribution is 6.25. The molecule has 0 amide bonds. The molecule has 1 N–H and O–H groups in total. The monoisotopic (exact) mass is 246 g/mol. The molecule has 94 valence electrons. The van der Waals surface area contributed by atoms with Gasteiger partial charge in [0.25, 0.3) is 0 Å². The molecule has 0 unspecified atom stereocenters. The van der Waals surface area contributed by atoms with Gasteiger partial charge in [-0.2, -0.15) is 0 Å². The third-order valence-corrected chi connectivity index (χ3v) is 2.85. The molecule has 0 saturated carbocycles. The second kappa shape index (κ2) is 4.74. The van der Waals surface area contributed by atoms with Gasteiger partial charge in [-0.25, -0.2) is 0 Å². The van der Waals surface area contributed by atoms with Crippen LogP contribution in [0.15, 0.2) is 29.8 Å². The molecule has 0 saturated heterocycles. The van der Waals surface area contributed by atoms with Gasteiger partial charge in [-0.15, -0.1) is 0 Å². The number of allylic oxidation sites excluding steroid dienone is 1. The van der Waals surface area contributed by atoms with Gasteiger partial charge >= 0.3 is 0 Å². The minimum absolute atomic E-state index is 0.182. The van der Waals surface area contributed by atoms with Crippen molar-refractivity contribution in [2.75, 3.05) is 7.11 Å². The molecular formula is C14H14O4. The average molecular weight is 246 g/mol. The molecule has 1 aromatic rings. The van der Waals surface area contributed by atoms with Gasteiger partial charge < -0.3 is 9.84 Å². The van der Waals surface area contributed by atoms with Crippen molar-refractivity contribution in [1.29, 1.82) is 0 Å². The Balaban J connectivity index is 2.50. The molecule has 0 radical (unpaired) electrons. The van der Waals surface area contributed by atoms with E-state index in [1.165, 1.54) is 13.2 Å². The van der Waals surface area contributed by atoms with Gasteiger partial charge in [0.05, 0.1) is 18.8 Å². The molecule has 0 fully saturated rings. The highest BCUT2D eigenvalue weighted by Crippen LogP contribution is 2.30. The number of methoxy groups -OCH3 is 1. The van der Waals surface area contributed by atoms with Crippen molar-refractivity contribution in [1.82, 2.24) is 0 Å². The van der Waals surface area contributed by atoms with Crippen LogP contribution in [0.1, 0.15) is 34.1 Å². The molecule has 1 aliphatic rings. The van der Waals surface area contributed by atoms with Crippen LogP contribution in [0, 0.1) is 0 Å². The maximum Gasteiger partial charge on any atom is 0.190 e. The van der Waals surface area contributed by atoms with E-state index < -0.39 is 6.10 Å². The maximum atomic E-state index is 12.2. The lowest BCUT2D eigenvalue weighted by molar-refractivity contribution is 0.0968. The zero-order valence-corrected chi connectivity index (χ0v) is 10.3. The third-order valence-electron chi connectivity index (χ3n) is 2.85. The maximum absolute atomic E-state index is 12.2. The van der Waals surface area contributed by atoms with Crippen LogP contribution in [-0.2, 0) is 0 Å². The van der Waals surface area contributed by atoms with Gasteiger partial charge in [-0.3, -0.25) is 9.59 Å². The highest BCUT2D eigenvalue weighted by atomic mass is 16.5. The Bertz CT molecular complexity index is 541. The van der Waals surface area contributed by atoms with Gasteiger partial charge in [-0.05, 0) is 19.1 Å². The molecule has 4 nitrogen and oxygen atoms in total. The number of Topliss-reactive ketones (excluding diaryl/α,β-unsaturated/α-hetero) is 1. The van der Waals surface area contributed by atoms with E-state index in [4.69, 9.17) is 4.74 Å². The van der Waals surface area contributed by atoms with E-state index in [-0.39, 0.29) is 18.0 Å². The first-order valence-electron chi connectivity index (χ1n) is 5.69. The van der Waals surface area contributed by atoms with E-state index in [1.54, 1.807) is 25.1 Å². The van der Waals surface area contributed by atoms with Crippen molar-refractivity contribution in [3.8, 4) is 5.75 Å². The number of carbonyl (C=O) groups excluding carboxylic acids is 2. The fourth-order valence-electron chi connectivity index (χ4n) is 2.08. The van der Waals surface area contributed by atoms with Gasteiger partial charge in [-0.1, -0.05) is 12.1 Å². The molecule has 0 aromatic heterocycles. The summed E-state index contributed by atoms with van der Waals surface area (Å²) in [7, 11) is 1.46. The predicted molar refractivity (Wildman–Crippen MR) is 66.0 cm³/mol. The number of aliphatic hydroxyl groups excluding tert-OH is 1. The molecule has 0 spiro atoms. The lowest BCUT2D eigenvalue weighted by Gasteiger charge is -2.18. The lowest BCUT2D eigenvalue weighted by atomic mass is 9.87. The zero-order valence-electron chi connectivity index (χ0n) is 10.3. The van der Waals surface area contributed by atoms with Crippen LogP contribution in [0.25, 0.3) is 0 Å². The van der Waals surface area contributed by atoms with Crippen LogP contribution in [0.3, 0.4) is 0 Å². The highest BCUT2D eigenvalue weighted by Gasteiger charge is 2.28. The molecule has 0 heterocycles. The van der Waals surface area contributed by atoms with E-state index in [2.05, 4.69) is 0 Å². The fourth-order valence-corrected chi connectivity index (χ4v) is 2.08. The number of fused-ring (bicyclic) bond motifs is 1. The first kappa shape index (κ1) is 12.5. The van der Waals surface area contributed by atoms with Gasteiger partial charge in [0.2, 0.25) is 0 Å². The Kier molecular flexibility index (Phi) is 3.30. The minimum Gasteiger partial charge on any atom is -0.496 e. The van der Waals surface area contributed by atoms with Crippen LogP contribution >= 0.6 is 0 Å². The Hall–Kier alpha value is -1.94. The van der Waals surface area contributed by atoms with Gasteiger partial charge in [0.15, 0.2) is 11.6 Å². The molecule has 0 bridgehead atoms. The van der Waals surface area contributed by atoms with Crippen molar-refractivity contribution in [3.05, 3.63) is 41.0 Å². The predicted octanol–water partition coefficient (Wildman–Crippen LogP) is 1.77. The Labute approximate surface area is 105 Å². The number of ether oxygens (including phenoxy) is 1. The Morgan fingerprint density at radius 2 is 2.06 bits per heavy atom. The first-order chi connectivity index (χ1) is 8.54. The number of carbonyl (C=O) groups is 2. The molecule has 4 heteroatoms. The van der Waals surface area contributed by atoms with Crippen LogP contribution in [0.4, 0.5) is 0 Å². The van der Waals surface area contributed by atoms with E-state index in [0.717, 1.165) is 0 Å².